The van der Waals surface area contributed by atoms with E-state index < -0.39 is 146 Å². The molecule has 4 heteroatoms. The quantitative estimate of drug-likeness (QED) is 0.176. The van der Waals surface area contributed by atoms with Gasteiger partial charge in [0.05, 0.1) is 70.5 Å². The molecule has 1 aliphatic heterocycles. The molecule has 0 radical (unpaired) electrons. The first kappa shape index (κ1) is 21.1. The molecule has 0 bridgehead atoms. The summed E-state index contributed by atoms with van der Waals surface area (Å²) in [5, 5.41) is -1.17. The SMILES string of the molecule is [2H]c1c([2H])c([2H])c2c(c1[2H])N(c1c([2H])c(C)c([2H])c(N(c3c([2H])c([2H])c4c(c3[2H])C(C)(C)CCC4(C)C)c3c([2H])c([2H])c4c(c3[2H])C(C)(C)CCC4(C)C)c1Cl)c1c([2H])c([2H])c([2H])c3c4c([2H])c([2H])c([2H])c([2H])c4n-2c13. The number of halogens is 1. The summed E-state index contributed by atoms with van der Waals surface area (Å²) in [4.78, 5) is 2.17. The third-order valence-electron chi connectivity index (χ3n) is 12.5. The van der Waals surface area contributed by atoms with E-state index in [1.807, 2.05) is 55.4 Å². The number of para-hydroxylation sites is 4. The van der Waals surface area contributed by atoms with E-state index in [1.165, 1.54) is 6.92 Å². The molecule has 0 atom stereocenters. The highest BCUT2D eigenvalue weighted by Gasteiger charge is 2.40. The Morgan fingerprint density at radius 3 is 1.65 bits per heavy atom. The van der Waals surface area contributed by atoms with E-state index in [4.69, 9.17) is 18.5 Å². The molecule has 0 N–H and O–H groups in total. The maximum atomic E-state index is 10.3. The molecule has 0 unspecified atom stereocenters. The monoisotopic (exact) mass is 787 g/mol. The van der Waals surface area contributed by atoms with Crippen LogP contribution in [-0.4, -0.2) is 4.57 Å². The van der Waals surface area contributed by atoms with Crippen molar-refractivity contribution >= 4 is 67.5 Å². The summed E-state index contributed by atoms with van der Waals surface area (Å²) >= 11 is 7.87. The average molecular weight is 788 g/mol. The van der Waals surface area contributed by atoms with Gasteiger partial charge in [-0.05, 0) is 143 Å². The van der Waals surface area contributed by atoms with Crippen molar-refractivity contribution in [3.05, 3.63) is 148 Å². The normalized spacial score (nSPS) is 22.9. The second kappa shape index (κ2) is 12.3. The number of hydrogen-bond donors (Lipinski definition) is 0. The van der Waals surface area contributed by atoms with Crippen molar-refractivity contribution in [2.45, 2.75) is 110 Å². The van der Waals surface area contributed by atoms with Crippen molar-refractivity contribution in [2.24, 2.45) is 0 Å². The molecule has 0 saturated carbocycles. The van der Waals surface area contributed by atoms with Crippen LogP contribution in [0.4, 0.5) is 34.1 Å². The minimum atomic E-state index is -0.805. The summed E-state index contributed by atoms with van der Waals surface area (Å²) in [7, 11) is 0. The molecule has 0 amide bonds. The first-order chi connectivity index (χ1) is 35.0. The van der Waals surface area contributed by atoms with Crippen LogP contribution < -0.4 is 9.80 Å². The molecular formula is C53H54ClN3. The predicted octanol–water partition coefficient (Wildman–Crippen LogP) is 15.7. The van der Waals surface area contributed by atoms with Gasteiger partial charge in [-0.3, -0.25) is 0 Å². The van der Waals surface area contributed by atoms with E-state index >= 15 is 0 Å². The molecule has 6 aromatic carbocycles. The highest BCUT2D eigenvalue weighted by Crippen LogP contribution is 2.55. The molecule has 3 nitrogen and oxygen atoms in total. The first-order valence-corrected chi connectivity index (χ1v) is 19.7. The summed E-state index contributed by atoms with van der Waals surface area (Å²) in [6.07, 6.45) is 2.36. The van der Waals surface area contributed by atoms with Crippen molar-refractivity contribution in [1.29, 1.82) is 0 Å². The zero-order chi connectivity index (χ0) is 56.3. The highest BCUT2D eigenvalue weighted by atomic mass is 35.5. The molecule has 0 saturated heterocycles. The van der Waals surface area contributed by atoms with Crippen LogP contribution in [0.5, 0.6) is 0 Å². The van der Waals surface area contributed by atoms with E-state index in [9.17, 15) is 19.2 Å². The minimum Gasteiger partial charge on any atom is -0.309 e. The fraction of sp³-hybridized carbons (Fsp3) is 0.321. The molecule has 1 aromatic heterocycles. The second-order valence-electron chi connectivity index (χ2n) is 18.2. The van der Waals surface area contributed by atoms with E-state index in [0.29, 0.717) is 47.9 Å². The fourth-order valence-corrected chi connectivity index (χ4v) is 9.21. The molecule has 2 heterocycles. The van der Waals surface area contributed by atoms with Gasteiger partial charge in [0.25, 0.3) is 0 Å². The molecule has 3 aliphatic rings. The number of fused-ring (bicyclic) bond motifs is 7. The van der Waals surface area contributed by atoms with Gasteiger partial charge in [-0.2, -0.15) is 0 Å². The van der Waals surface area contributed by atoms with E-state index in [2.05, 4.69) is 0 Å². The smallest absolute Gasteiger partial charge is 0.0887 e. The molecule has 0 spiro atoms. The average Bonchev–Trinajstić information content (AvgIpc) is 3.70. The van der Waals surface area contributed by atoms with Crippen LogP contribution in [0.25, 0.3) is 27.5 Å². The Kier molecular flexibility index (Phi) is 4.55. The van der Waals surface area contributed by atoms with Crippen LogP contribution in [0.1, 0.15) is 135 Å². The van der Waals surface area contributed by atoms with Crippen molar-refractivity contribution in [3.63, 3.8) is 0 Å². The Labute approximate surface area is 370 Å². The molecule has 288 valence electrons. The number of anilines is 6. The Bertz CT molecular complexity index is 3780. The van der Waals surface area contributed by atoms with Gasteiger partial charge in [-0.1, -0.05) is 121 Å². The zero-order valence-corrected chi connectivity index (χ0v) is 34.3. The van der Waals surface area contributed by atoms with E-state index in [0.717, 1.165) is 14.4 Å². The van der Waals surface area contributed by atoms with E-state index in [1.54, 1.807) is 0 Å². The van der Waals surface area contributed by atoms with Gasteiger partial charge in [0.1, 0.15) is 0 Å². The summed E-state index contributed by atoms with van der Waals surface area (Å²) in [6, 6.07) is -11.1. The predicted molar refractivity (Wildman–Crippen MR) is 244 cm³/mol. The summed E-state index contributed by atoms with van der Waals surface area (Å²) in [5.74, 6) is 0. The first-order valence-electron chi connectivity index (χ1n) is 28.9. The molecule has 0 fully saturated rings. The Balaban J connectivity index is 1.46. The zero-order valence-electron chi connectivity index (χ0n) is 52.5. The Morgan fingerprint density at radius 1 is 0.526 bits per heavy atom. The van der Waals surface area contributed by atoms with Gasteiger partial charge in [0.15, 0.2) is 0 Å². The molecule has 10 rings (SSSR count). The Morgan fingerprint density at radius 2 is 1.04 bits per heavy atom. The highest BCUT2D eigenvalue weighted by molar-refractivity contribution is 6.37. The third-order valence-corrected chi connectivity index (χ3v) is 12.8. The maximum absolute atomic E-state index is 10.3. The van der Waals surface area contributed by atoms with Crippen molar-refractivity contribution in [1.82, 2.24) is 4.57 Å². The van der Waals surface area contributed by atoms with Crippen LogP contribution in [0, 0.1) is 6.92 Å². The lowest BCUT2D eigenvalue weighted by Gasteiger charge is -2.43. The van der Waals surface area contributed by atoms with Gasteiger partial charge in [0.2, 0.25) is 0 Å². The number of rotatable bonds is 4. The van der Waals surface area contributed by atoms with Crippen molar-refractivity contribution in [3.8, 4) is 5.69 Å². The number of nitrogens with zero attached hydrogens (tertiary/aromatic N) is 3. The molecule has 7 aromatic rings. The number of hydrogen-bond acceptors (Lipinski definition) is 2. The molecule has 57 heavy (non-hydrogen) atoms. The van der Waals surface area contributed by atoms with Crippen molar-refractivity contribution in [2.75, 3.05) is 9.80 Å². The van der Waals surface area contributed by atoms with Gasteiger partial charge in [-0.15, -0.1) is 0 Å². The van der Waals surface area contributed by atoms with Gasteiger partial charge >= 0.3 is 0 Å². The number of aromatic nitrogens is 1. The summed E-state index contributed by atoms with van der Waals surface area (Å²) in [6.45, 7) is 16.8. The van der Waals surface area contributed by atoms with Crippen LogP contribution in [-0.2, 0) is 21.7 Å². The van der Waals surface area contributed by atoms with Crippen LogP contribution >= 0.6 is 11.6 Å². The maximum Gasteiger partial charge on any atom is 0.0887 e. The van der Waals surface area contributed by atoms with Gasteiger partial charge < -0.3 is 14.4 Å². The summed E-state index contributed by atoms with van der Waals surface area (Å²) < 4.78 is 182. The largest absolute Gasteiger partial charge is 0.309 e. The van der Waals surface area contributed by atoms with Crippen LogP contribution in [0.15, 0.2) is 115 Å². The third kappa shape index (κ3) is 5.37. The lowest BCUT2D eigenvalue weighted by atomic mass is 9.63. The van der Waals surface area contributed by atoms with E-state index in [-0.39, 0.29) is 62.9 Å². The lowest BCUT2D eigenvalue weighted by molar-refractivity contribution is 0.332. The number of benzene rings is 6. The fourth-order valence-electron chi connectivity index (χ4n) is 8.95. The van der Waals surface area contributed by atoms with Crippen LogP contribution in [0.2, 0.25) is 5.02 Å². The molecular weight excluding hydrogens is 714 g/mol. The topological polar surface area (TPSA) is 11.4 Å². The van der Waals surface area contributed by atoms with Crippen LogP contribution in [0.3, 0.4) is 0 Å². The Hall–Kier alpha value is -4.99. The van der Waals surface area contributed by atoms with Crippen molar-refractivity contribution < 1.29 is 26.0 Å². The van der Waals surface area contributed by atoms with Gasteiger partial charge in [0, 0.05) is 22.1 Å². The molecule has 2 aliphatic carbocycles. The summed E-state index contributed by atoms with van der Waals surface area (Å²) in [5.41, 5.74) is -4.98. The lowest BCUT2D eigenvalue weighted by Crippen LogP contribution is -2.34. The second-order valence-corrected chi connectivity index (χ2v) is 18.6. The minimum absolute atomic E-state index is 0.175. The van der Waals surface area contributed by atoms with Gasteiger partial charge in [-0.25, -0.2) is 0 Å². The standard InChI is InChI=1S/C53H54ClN3/c1-33-29-46(48(54)47(30-33)56-43-18-12-13-19-44(43)57-42-17-11-10-15-36(42)37-16-14-20-45(56)49(37)57)55(34-21-23-38-40(31-34)52(6,7)27-25-50(38,2)3)35-22-24-39-41(32-35)53(8,9)28-26-51(39,4)5/h10-24,29-32H,25-28H2,1-9H3/i10D,11D,12D,13D,14D,15D,16D,17D,18D,19D,20D,21D,22D,23D,24D,29D,30D,31D,32D.